The lowest BCUT2D eigenvalue weighted by atomic mass is 10.0. The zero-order valence-corrected chi connectivity index (χ0v) is 12.9. The van der Waals surface area contributed by atoms with Crippen molar-refractivity contribution in [1.29, 1.82) is 0 Å². The van der Waals surface area contributed by atoms with E-state index in [-0.39, 0.29) is 18.0 Å². The van der Waals surface area contributed by atoms with E-state index in [1.807, 2.05) is 37.2 Å². The Morgan fingerprint density at radius 3 is 2.60 bits per heavy atom. The van der Waals surface area contributed by atoms with Crippen LogP contribution < -0.4 is 4.90 Å². The molecule has 0 bridgehead atoms. The van der Waals surface area contributed by atoms with Crippen LogP contribution in [0.25, 0.3) is 0 Å². The zero-order valence-electron chi connectivity index (χ0n) is 11.4. The first kappa shape index (κ1) is 14.7. The minimum absolute atomic E-state index is 0.0206. The van der Waals surface area contributed by atoms with Crippen LogP contribution in [-0.4, -0.2) is 19.9 Å². The van der Waals surface area contributed by atoms with Gasteiger partial charge in [0.05, 0.1) is 4.47 Å². The van der Waals surface area contributed by atoms with E-state index in [0.717, 1.165) is 11.3 Å². The van der Waals surface area contributed by atoms with E-state index in [4.69, 9.17) is 0 Å². The molecule has 2 aromatic rings. The number of hydrogen-bond donors (Lipinski definition) is 0. The molecule has 2 nitrogen and oxygen atoms in total. The van der Waals surface area contributed by atoms with Gasteiger partial charge in [-0.05, 0) is 45.8 Å². The molecule has 0 unspecified atom stereocenters. The van der Waals surface area contributed by atoms with E-state index < -0.39 is 0 Å². The van der Waals surface area contributed by atoms with Crippen LogP contribution in [0, 0.1) is 5.82 Å². The third-order valence-corrected chi connectivity index (χ3v) is 3.64. The first-order chi connectivity index (χ1) is 9.47. The Balaban J connectivity index is 2.19. The molecule has 0 amide bonds. The van der Waals surface area contributed by atoms with Gasteiger partial charge in [0.1, 0.15) is 5.82 Å². The van der Waals surface area contributed by atoms with Crippen LogP contribution in [0.5, 0.6) is 0 Å². The molecule has 104 valence electrons. The highest BCUT2D eigenvalue weighted by Crippen LogP contribution is 2.19. The van der Waals surface area contributed by atoms with Gasteiger partial charge in [-0.1, -0.05) is 18.2 Å². The molecule has 20 heavy (non-hydrogen) atoms. The van der Waals surface area contributed by atoms with Crippen LogP contribution in [0.3, 0.4) is 0 Å². The van der Waals surface area contributed by atoms with E-state index in [0.29, 0.717) is 10.0 Å². The predicted octanol–water partition coefficient (Wildman–Crippen LogP) is 4.08. The molecule has 2 aromatic carbocycles. The van der Waals surface area contributed by atoms with Crippen LogP contribution in [0.4, 0.5) is 10.1 Å². The molecule has 0 saturated carbocycles. The molecule has 0 aliphatic heterocycles. The molecule has 0 heterocycles. The summed E-state index contributed by atoms with van der Waals surface area (Å²) in [5.41, 5.74) is 2.44. The lowest BCUT2D eigenvalue weighted by molar-refractivity contribution is 0.0993. The number of nitrogens with zero attached hydrogens (tertiary/aromatic N) is 1. The van der Waals surface area contributed by atoms with E-state index in [1.165, 1.54) is 6.07 Å². The fraction of sp³-hybridized carbons (Fsp3) is 0.188. The van der Waals surface area contributed by atoms with Crippen molar-refractivity contribution in [3.05, 3.63) is 63.9 Å². The van der Waals surface area contributed by atoms with Gasteiger partial charge in [-0.2, -0.15) is 0 Å². The van der Waals surface area contributed by atoms with Crippen LogP contribution in [-0.2, 0) is 6.42 Å². The fourth-order valence-corrected chi connectivity index (χ4v) is 2.32. The van der Waals surface area contributed by atoms with Crippen LogP contribution in [0.15, 0.2) is 46.9 Å². The summed E-state index contributed by atoms with van der Waals surface area (Å²) in [6.07, 6.45) is 0.260. The third-order valence-electron chi connectivity index (χ3n) is 3.03. The minimum atomic E-state index is -0.323. The molecule has 0 spiro atoms. The number of carbonyl (C=O) groups is 1. The molecule has 4 heteroatoms. The summed E-state index contributed by atoms with van der Waals surface area (Å²) < 4.78 is 13.5. The molecule has 0 aliphatic rings. The lowest BCUT2D eigenvalue weighted by Gasteiger charge is -2.13. The van der Waals surface area contributed by atoms with Crippen LogP contribution >= 0.6 is 15.9 Å². The van der Waals surface area contributed by atoms with Crippen molar-refractivity contribution >= 4 is 27.4 Å². The standard InChI is InChI=1S/C16H15BrFNO/c1-19(2)13-5-3-4-12(10-13)16(20)9-11-6-7-15(18)14(17)8-11/h3-8,10H,9H2,1-2H3. The number of benzene rings is 2. The molecule has 0 aliphatic carbocycles. The Bertz CT molecular complexity index is 640. The molecule has 0 aromatic heterocycles. The molecule has 0 fully saturated rings. The second-order valence-electron chi connectivity index (χ2n) is 4.79. The topological polar surface area (TPSA) is 20.3 Å². The number of hydrogen-bond acceptors (Lipinski definition) is 2. The van der Waals surface area contributed by atoms with E-state index >= 15 is 0 Å². The number of anilines is 1. The van der Waals surface area contributed by atoms with Crippen molar-refractivity contribution in [3.8, 4) is 0 Å². The Morgan fingerprint density at radius 1 is 1.20 bits per heavy atom. The average molecular weight is 336 g/mol. The first-order valence-electron chi connectivity index (χ1n) is 6.22. The summed E-state index contributed by atoms with van der Waals surface area (Å²) in [5, 5.41) is 0. The Hall–Kier alpha value is -1.68. The Kier molecular flexibility index (Phi) is 4.55. The van der Waals surface area contributed by atoms with Crippen molar-refractivity contribution in [3.63, 3.8) is 0 Å². The van der Waals surface area contributed by atoms with Gasteiger partial charge in [0, 0.05) is 31.8 Å². The van der Waals surface area contributed by atoms with Crippen LogP contribution in [0.1, 0.15) is 15.9 Å². The number of ketones is 1. The van der Waals surface area contributed by atoms with E-state index in [9.17, 15) is 9.18 Å². The number of carbonyl (C=O) groups excluding carboxylic acids is 1. The first-order valence-corrected chi connectivity index (χ1v) is 7.01. The number of Topliss-reactive ketones (excluding diaryl/α,β-unsaturated/α-hetero) is 1. The maximum absolute atomic E-state index is 13.2. The van der Waals surface area contributed by atoms with Gasteiger partial charge in [0.15, 0.2) is 5.78 Å². The van der Waals surface area contributed by atoms with E-state index in [2.05, 4.69) is 15.9 Å². The molecule has 0 N–H and O–H groups in total. The predicted molar refractivity (Wildman–Crippen MR) is 82.9 cm³/mol. The van der Waals surface area contributed by atoms with Crippen LogP contribution in [0.2, 0.25) is 0 Å². The molecule has 0 radical (unpaired) electrons. The van der Waals surface area contributed by atoms with Gasteiger partial charge in [-0.15, -0.1) is 0 Å². The SMILES string of the molecule is CN(C)c1cccc(C(=O)Cc2ccc(F)c(Br)c2)c1. The zero-order chi connectivity index (χ0) is 14.7. The Labute approximate surface area is 126 Å². The largest absolute Gasteiger partial charge is 0.378 e. The molecule has 0 saturated heterocycles. The van der Waals surface area contributed by atoms with Gasteiger partial charge in [-0.3, -0.25) is 4.79 Å². The maximum atomic E-state index is 13.2. The van der Waals surface area contributed by atoms with Crippen molar-refractivity contribution in [2.75, 3.05) is 19.0 Å². The van der Waals surface area contributed by atoms with Crippen molar-refractivity contribution < 1.29 is 9.18 Å². The summed E-state index contributed by atoms with van der Waals surface area (Å²) in [6.45, 7) is 0. The summed E-state index contributed by atoms with van der Waals surface area (Å²) in [4.78, 5) is 14.2. The molecular weight excluding hydrogens is 321 g/mol. The highest BCUT2D eigenvalue weighted by Gasteiger charge is 2.10. The molecule has 2 rings (SSSR count). The van der Waals surface area contributed by atoms with Gasteiger partial charge in [0.25, 0.3) is 0 Å². The van der Waals surface area contributed by atoms with Gasteiger partial charge in [0.2, 0.25) is 0 Å². The second kappa shape index (κ2) is 6.18. The summed E-state index contributed by atoms with van der Waals surface area (Å²) in [6, 6.07) is 12.1. The van der Waals surface area contributed by atoms with Gasteiger partial charge >= 0.3 is 0 Å². The van der Waals surface area contributed by atoms with E-state index in [1.54, 1.807) is 18.2 Å². The Morgan fingerprint density at radius 2 is 1.95 bits per heavy atom. The van der Waals surface area contributed by atoms with Crippen molar-refractivity contribution in [2.24, 2.45) is 0 Å². The van der Waals surface area contributed by atoms with Crippen molar-refractivity contribution in [1.82, 2.24) is 0 Å². The quantitative estimate of drug-likeness (QED) is 0.784. The van der Waals surface area contributed by atoms with Crippen molar-refractivity contribution in [2.45, 2.75) is 6.42 Å². The third kappa shape index (κ3) is 3.45. The number of rotatable bonds is 4. The summed E-state index contributed by atoms with van der Waals surface area (Å²) in [7, 11) is 3.86. The average Bonchev–Trinajstić information content (AvgIpc) is 2.43. The van der Waals surface area contributed by atoms with Gasteiger partial charge < -0.3 is 4.90 Å². The second-order valence-corrected chi connectivity index (χ2v) is 5.65. The molecular formula is C16H15BrFNO. The minimum Gasteiger partial charge on any atom is -0.378 e. The molecule has 0 atom stereocenters. The highest BCUT2D eigenvalue weighted by atomic mass is 79.9. The normalized spacial score (nSPS) is 10.4. The highest BCUT2D eigenvalue weighted by molar-refractivity contribution is 9.10. The lowest BCUT2D eigenvalue weighted by Crippen LogP contribution is -2.10. The summed E-state index contributed by atoms with van der Waals surface area (Å²) >= 11 is 3.13. The smallest absolute Gasteiger partial charge is 0.167 e. The van der Waals surface area contributed by atoms with Gasteiger partial charge in [-0.25, -0.2) is 4.39 Å². The summed E-state index contributed by atoms with van der Waals surface area (Å²) in [5.74, 6) is -0.303. The number of halogens is 2. The monoisotopic (exact) mass is 335 g/mol. The fourth-order valence-electron chi connectivity index (χ4n) is 1.89. The maximum Gasteiger partial charge on any atom is 0.167 e.